The Kier molecular flexibility index (Phi) is 8.91. The average Bonchev–Trinajstić information content (AvgIpc) is 2.27. The third-order valence-electron chi connectivity index (χ3n) is 2.27. The largest absolute Gasteiger partial charge is 0.502 e. The second kappa shape index (κ2) is 9.25. The molecule has 0 rings (SSSR count). The third-order valence-corrected chi connectivity index (χ3v) is 5.76. The van der Waals surface area contributed by atoms with Crippen LogP contribution in [0.25, 0.3) is 0 Å². The van der Waals surface area contributed by atoms with Gasteiger partial charge in [-0.05, 0) is 32.8 Å². The molecule has 0 aromatic rings. The lowest BCUT2D eigenvalue weighted by atomic mass is 10.3. The molecule has 1 atom stereocenters. The summed E-state index contributed by atoms with van der Waals surface area (Å²) in [6, 6.07) is 0.725. The van der Waals surface area contributed by atoms with Crippen LogP contribution in [0.5, 0.6) is 0 Å². The van der Waals surface area contributed by atoms with Gasteiger partial charge in [0.1, 0.15) is 6.23 Å². The maximum Gasteiger partial charge on any atom is 0.502 e. The van der Waals surface area contributed by atoms with Gasteiger partial charge in [0.2, 0.25) is 5.91 Å². The fourth-order valence-electron chi connectivity index (χ4n) is 1.77. The number of amides is 1. The first-order chi connectivity index (χ1) is 8.89. The van der Waals surface area contributed by atoms with Crippen molar-refractivity contribution in [3.8, 4) is 0 Å². The molecule has 0 saturated heterocycles. The molecule has 1 amide bonds. The molecule has 6 heteroatoms. The second-order valence-corrected chi connectivity index (χ2v) is 7.21. The predicted molar refractivity (Wildman–Crippen MR) is 77.5 cm³/mol. The Morgan fingerprint density at radius 3 is 2.16 bits per heavy atom. The summed E-state index contributed by atoms with van der Waals surface area (Å²) in [6.07, 6.45) is 0.751. The van der Waals surface area contributed by atoms with Crippen LogP contribution in [0.1, 0.15) is 34.6 Å². The first-order valence-corrected chi connectivity index (χ1v) is 8.71. The maximum atomic E-state index is 11.3. The highest BCUT2D eigenvalue weighted by Crippen LogP contribution is 2.22. The van der Waals surface area contributed by atoms with Gasteiger partial charge in [-0.1, -0.05) is 20.4 Å². The summed E-state index contributed by atoms with van der Waals surface area (Å²) < 4.78 is 17.5. The zero-order valence-electron chi connectivity index (χ0n) is 12.7. The van der Waals surface area contributed by atoms with Crippen LogP contribution < -0.4 is 5.32 Å². The van der Waals surface area contributed by atoms with E-state index in [1.165, 1.54) is 6.08 Å². The van der Waals surface area contributed by atoms with Crippen LogP contribution in [0.15, 0.2) is 12.7 Å². The van der Waals surface area contributed by atoms with E-state index in [4.69, 9.17) is 13.3 Å². The summed E-state index contributed by atoms with van der Waals surface area (Å²) >= 11 is 0. The quantitative estimate of drug-likeness (QED) is 0.381. The van der Waals surface area contributed by atoms with E-state index in [1.807, 2.05) is 13.8 Å². The molecule has 0 aliphatic carbocycles. The standard InChI is InChI=1S/C13H27NO4Si/c1-7-13(15)14-12(6)18-19(16-8-2,17-9-3)10-11(4)5/h7,11-12H,1,8-10H2,2-6H3,(H,14,15). The Labute approximate surface area is 117 Å². The molecular weight excluding hydrogens is 262 g/mol. The minimum Gasteiger partial charge on any atom is -0.374 e. The van der Waals surface area contributed by atoms with Gasteiger partial charge in [-0.2, -0.15) is 0 Å². The number of hydrogen-bond acceptors (Lipinski definition) is 4. The lowest BCUT2D eigenvalue weighted by Crippen LogP contribution is -2.52. The Morgan fingerprint density at radius 1 is 1.26 bits per heavy atom. The van der Waals surface area contributed by atoms with Gasteiger partial charge < -0.3 is 18.6 Å². The van der Waals surface area contributed by atoms with E-state index in [9.17, 15) is 4.79 Å². The summed E-state index contributed by atoms with van der Waals surface area (Å²) in [4.78, 5) is 11.3. The number of rotatable bonds is 10. The molecule has 1 N–H and O–H groups in total. The van der Waals surface area contributed by atoms with Gasteiger partial charge in [0.25, 0.3) is 0 Å². The van der Waals surface area contributed by atoms with Crippen molar-refractivity contribution in [1.82, 2.24) is 5.32 Å². The molecular formula is C13H27NO4Si. The van der Waals surface area contributed by atoms with Gasteiger partial charge in [0.15, 0.2) is 0 Å². The Morgan fingerprint density at radius 2 is 1.79 bits per heavy atom. The van der Waals surface area contributed by atoms with Crippen LogP contribution in [-0.2, 0) is 18.1 Å². The lowest BCUT2D eigenvalue weighted by molar-refractivity contribution is -0.119. The van der Waals surface area contributed by atoms with Gasteiger partial charge in [-0.3, -0.25) is 4.79 Å². The molecule has 0 spiro atoms. The molecule has 0 aromatic heterocycles. The normalized spacial score (nSPS) is 13.4. The van der Waals surface area contributed by atoms with Gasteiger partial charge in [0.05, 0.1) is 0 Å². The van der Waals surface area contributed by atoms with Crippen LogP contribution in [0.2, 0.25) is 6.04 Å². The second-order valence-electron chi connectivity index (χ2n) is 4.62. The Bertz CT molecular complexity index is 278. The first kappa shape index (κ1) is 18.3. The van der Waals surface area contributed by atoms with Crippen LogP contribution in [0, 0.1) is 5.92 Å². The topological polar surface area (TPSA) is 56.8 Å². The summed E-state index contributed by atoms with van der Waals surface area (Å²) in [5.74, 6) is 0.125. The Balaban J connectivity index is 4.78. The minimum atomic E-state index is -2.75. The molecule has 0 aliphatic heterocycles. The monoisotopic (exact) mass is 289 g/mol. The van der Waals surface area contributed by atoms with E-state index >= 15 is 0 Å². The van der Waals surface area contributed by atoms with Crippen molar-refractivity contribution in [1.29, 1.82) is 0 Å². The highest BCUT2D eigenvalue weighted by atomic mass is 28.4. The third kappa shape index (κ3) is 7.46. The summed E-state index contributed by atoms with van der Waals surface area (Å²) in [7, 11) is -2.75. The highest BCUT2D eigenvalue weighted by molar-refractivity contribution is 6.60. The molecule has 112 valence electrons. The van der Waals surface area contributed by atoms with Crippen LogP contribution in [0.3, 0.4) is 0 Å². The van der Waals surface area contributed by atoms with Gasteiger partial charge in [-0.15, -0.1) is 0 Å². The molecule has 1 unspecified atom stereocenters. The minimum absolute atomic E-state index is 0.270. The van der Waals surface area contributed by atoms with Gasteiger partial charge in [-0.25, -0.2) is 0 Å². The molecule has 0 saturated carbocycles. The Hall–Kier alpha value is -0.693. The molecule has 0 radical (unpaired) electrons. The SMILES string of the molecule is C=CC(=O)NC(C)O[Si](CC(C)C)(OCC)OCC. The zero-order chi connectivity index (χ0) is 14.9. The van der Waals surface area contributed by atoms with E-state index in [2.05, 4.69) is 25.7 Å². The molecule has 0 aromatic carbocycles. The first-order valence-electron chi connectivity index (χ1n) is 6.77. The van der Waals surface area contributed by atoms with E-state index in [0.717, 1.165) is 6.04 Å². The van der Waals surface area contributed by atoms with Gasteiger partial charge in [0, 0.05) is 19.3 Å². The fourth-order valence-corrected chi connectivity index (χ4v) is 4.80. The van der Waals surface area contributed by atoms with E-state index in [1.54, 1.807) is 6.92 Å². The molecule has 0 aliphatic rings. The molecule has 0 fully saturated rings. The van der Waals surface area contributed by atoms with Crippen molar-refractivity contribution >= 4 is 14.7 Å². The molecule has 0 heterocycles. The van der Waals surface area contributed by atoms with E-state index < -0.39 is 15.0 Å². The number of hydrogen-bond donors (Lipinski definition) is 1. The lowest BCUT2D eigenvalue weighted by Gasteiger charge is -2.32. The maximum absolute atomic E-state index is 11.3. The van der Waals surface area contributed by atoms with Crippen molar-refractivity contribution in [2.24, 2.45) is 5.92 Å². The summed E-state index contributed by atoms with van der Waals surface area (Å²) in [5, 5.41) is 2.67. The van der Waals surface area contributed by atoms with Crippen molar-refractivity contribution in [2.75, 3.05) is 13.2 Å². The fraction of sp³-hybridized carbons (Fsp3) is 0.769. The van der Waals surface area contributed by atoms with Crippen molar-refractivity contribution < 1.29 is 18.1 Å². The molecule has 5 nitrogen and oxygen atoms in total. The zero-order valence-corrected chi connectivity index (χ0v) is 13.7. The van der Waals surface area contributed by atoms with Crippen molar-refractivity contribution in [3.63, 3.8) is 0 Å². The average molecular weight is 289 g/mol. The smallest absolute Gasteiger partial charge is 0.374 e. The van der Waals surface area contributed by atoms with E-state index in [0.29, 0.717) is 19.1 Å². The molecule has 0 bridgehead atoms. The van der Waals surface area contributed by atoms with Crippen molar-refractivity contribution in [2.45, 2.75) is 46.9 Å². The number of carbonyl (C=O) groups excluding carboxylic acids is 1. The molecule has 19 heavy (non-hydrogen) atoms. The van der Waals surface area contributed by atoms with E-state index in [-0.39, 0.29) is 5.91 Å². The summed E-state index contributed by atoms with van der Waals surface area (Å²) in [5.41, 5.74) is 0. The van der Waals surface area contributed by atoms with Crippen LogP contribution in [-0.4, -0.2) is 34.2 Å². The van der Waals surface area contributed by atoms with Crippen molar-refractivity contribution in [3.05, 3.63) is 12.7 Å². The van der Waals surface area contributed by atoms with Gasteiger partial charge >= 0.3 is 8.80 Å². The number of nitrogens with one attached hydrogen (secondary N) is 1. The summed E-state index contributed by atoms with van der Waals surface area (Å²) in [6.45, 7) is 14.3. The number of carbonyl (C=O) groups is 1. The van der Waals surface area contributed by atoms with Crippen LogP contribution in [0.4, 0.5) is 0 Å². The van der Waals surface area contributed by atoms with Crippen LogP contribution >= 0.6 is 0 Å². The predicted octanol–water partition coefficient (Wildman–Crippen LogP) is 2.32. The highest BCUT2D eigenvalue weighted by Gasteiger charge is 2.43.